The second kappa shape index (κ2) is 6.42. The van der Waals surface area contributed by atoms with Crippen molar-refractivity contribution >= 4 is 0 Å². The summed E-state index contributed by atoms with van der Waals surface area (Å²) in [5, 5.41) is 13.2. The fourth-order valence-electron chi connectivity index (χ4n) is 3.22. The van der Waals surface area contributed by atoms with Crippen LogP contribution in [0.25, 0.3) is 0 Å². The second-order valence-corrected chi connectivity index (χ2v) is 5.96. The summed E-state index contributed by atoms with van der Waals surface area (Å²) < 4.78 is 0. The number of aryl methyl sites for hydroxylation is 2. The molecule has 1 aromatic rings. The van der Waals surface area contributed by atoms with E-state index in [2.05, 4.69) is 37.6 Å². The second-order valence-electron chi connectivity index (χ2n) is 5.96. The van der Waals surface area contributed by atoms with Gasteiger partial charge in [0, 0.05) is 32.2 Å². The minimum absolute atomic E-state index is 0.359. The molecule has 0 radical (unpaired) electrons. The average molecular weight is 274 g/mol. The molecule has 3 heteroatoms. The van der Waals surface area contributed by atoms with Crippen molar-refractivity contribution in [3.63, 3.8) is 0 Å². The van der Waals surface area contributed by atoms with Crippen molar-refractivity contribution in [2.75, 3.05) is 26.2 Å². The van der Waals surface area contributed by atoms with Crippen LogP contribution in [0.4, 0.5) is 0 Å². The first-order chi connectivity index (χ1) is 9.49. The predicted molar refractivity (Wildman–Crippen MR) is 84.2 cm³/mol. The van der Waals surface area contributed by atoms with Gasteiger partial charge in [0.25, 0.3) is 0 Å². The summed E-state index contributed by atoms with van der Waals surface area (Å²) in [6.07, 6.45) is 0.979. The lowest BCUT2D eigenvalue weighted by Crippen LogP contribution is -2.45. The number of benzene rings is 1. The number of rotatable bonds is 4. The molecule has 0 saturated carbocycles. The molecule has 1 aromatic carbocycles. The first-order valence-electron chi connectivity index (χ1n) is 7.38. The number of piperazine rings is 1. The van der Waals surface area contributed by atoms with Gasteiger partial charge in [-0.1, -0.05) is 5.57 Å². The highest BCUT2D eigenvalue weighted by molar-refractivity contribution is 5.42. The number of hydrogen-bond acceptors (Lipinski definition) is 3. The molecule has 1 aliphatic rings. The van der Waals surface area contributed by atoms with Crippen molar-refractivity contribution in [2.45, 2.75) is 33.2 Å². The Morgan fingerprint density at radius 2 is 1.85 bits per heavy atom. The maximum absolute atomic E-state index is 9.75. The first-order valence-corrected chi connectivity index (χ1v) is 7.38. The molecule has 1 aliphatic heterocycles. The van der Waals surface area contributed by atoms with Gasteiger partial charge in [0.1, 0.15) is 5.75 Å². The number of aromatic hydroxyl groups is 1. The molecule has 0 aromatic heterocycles. The van der Waals surface area contributed by atoms with Crippen molar-refractivity contribution < 1.29 is 5.11 Å². The molecule has 0 spiro atoms. The molecule has 2 rings (SSSR count). The van der Waals surface area contributed by atoms with E-state index in [4.69, 9.17) is 0 Å². The summed E-state index contributed by atoms with van der Waals surface area (Å²) in [5.74, 6) is 0.359. The summed E-state index contributed by atoms with van der Waals surface area (Å²) in [4.78, 5) is 2.54. The molecular weight excluding hydrogens is 248 g/mol. The lowest BCUT2D eigenvalue weighted by molar-refractivity contribution is 0.171. The summed E-state index contributed by atoms with van der Waals surface area (Å²) in [6.45, 7) is 14.6. The third-order valence-corrected chi connectivity index (χ3v) is 4.05. The zero-order valence-corrected chi connectivity index (χ0v) is 12.9. The smallest absolute Gasteiger partial charge is 0.116 e. The zero-order chi connectivity index (χ0) is 14.7. The van der Waals surface area contributed by atoms with Crippen LogP contribution in [0, 0.1) is 13.8 Å². The highest BCUT2D eigenvalue weighted by Crippen LogP contribution is 2.34. The minimum Gasteiger partial charge on any atom is -0.508 e. The Labute approximate surface area is 122 Å². The van der Waals surface area contributed by atoms with Crippen LogP contribution < -0.4 is 5.32 Å². The molecular formula is C17H26N2O. The summed E-state index contributed by atoms with van der Waals surface area (Å²) in [7, 11) is 0. The van der Waals surface area contributed by atoms with Gasteiger partial charge in [-0.3, -0.25) is 4.90 Å². The summed E-state index contributed by atoms with van der Waals surface area (Å²) in [5.41, 5.74) is 4.91. The Bertz CT molecular complexity index is 467. The molecule has 1 saturated heterocycles. The van der Waals surface area contributed by atoms with Crippen LogP contribution in [0.15, 0.2) is 24.3 Å². The van der Waals surface area contributed by atoms with Gasteiger partial charge in [-0.15, -0.1) is 6.58 Å². The molecule has 110 valence electrons. The highest BCUT2D eigenvalue weighted by atomic mass is 16.3. The molecule has 2 N–H and O–H groups in total. The van der Waals surface area contributed by atoms with Gasteiger partial charge in [0.2, 0.25) is 0 Å². The van der Waals surface area contributed by atoms with Gasteiger partial charge < -0.3 is 10.4 Å². The van der Waals surface area contributed by atoms with Gasteiger partial charge in [0.15, 0.2) is 0 Å². The molecule has 0 aliphatic carbocycles. The maximum Gasteiger partial charge on any atom is 0.116 e. The lowest BCUT2D eigenvalue weighted by Gasteiger charge is -2.37. The number of phenols is 1. The number of nitrogens with one attached hydrogen (secondary N) is 1. The topological polar surface area (TPSA) is 35.5 Å². The van der Waals surface area contributed by atoms with Crippen LogP contribution in [0.1, 0.15) is 36.1 Å². The van der Waals surface area contributed by atoms with E-state index in [1.54, 1.807) is 0 Å². The van der Waals surface area contributed by atoms with E-state index in [1.165, 1.54) is 22.3 Å². The van der Waals surface area contributed by atoms with E-state index < -0.39 is 0 Å². The minimum atomic E-state index is 0.359. The molecule has 0 unspecified atom stereocenters. The van der Waals surface area contributed by atoms with Crippen LogP contribution in [-0.4, -0.2) is 36.2 Å². The van der Waals surface area contributed by atoms with Gasteiger partial charge >= 0.3 is 0 Å². The Morgan fingerprint density at radius 1 is 1.30 bits per heavy atom. The van der Waals surface area contributed by atoms with E-state index in [-0.39, 0.29) is 0 Å². The predicted octanol–water partition coefficient (Wildman–Crippen LogP) is 2.92. The molecule has 1 atom stereocenters. The monoisotopic (exact) mass is 274 g/mol. The first kappa shape index (κ1) is 15.1. The van der Waals surface area contributed by atoms with Crippen LogP contribution in [0.5, 0.6) is 5.75 Å². The Kier molecular flexibility index (Phi) is 4.84. The third-order valence-electron chi connectivity index (χ3n) is 4.05. The Hall–Kier alpha value is -1.32. The fourth-order valence-corrected chi connectivity index (χ4v) is 3.22. The molecule has 1 heterocycles. The Morgan fingerprint density at radius 3 is 2.35 bits per heavy atom. The maximum atomic E-state index is 9.75. The van der Waals surface area contributed by atoms with Gasteiger partial charge in [-0.25, -0.2) is 0 Å². The molecule has 0 amide bonds. The third kappa shape index (κ3) is 3.41. The fraction of sp³-hybridized carbons (Fsp3) is 0.529. The van der Waals surface area contributed by atoms with Crippen LogP contribution in [0.3, 0.4) is 0 Å². The summed E-state index contributed by atoms with van der Waals surface area (Å²) in [6, 6.07) is 4.11. The average Bonchev–Trinajstić information content (AvgIpc) is 2.37. The van der Waals surface area contributed by atoms with E-state index in [0.29, 0.717) is 11.8 Å². The largest absolute Gasteiger partial charge is 0.508 e. The normalized spacial score (nSPS) is 17.9. The van der Waals surface area contributed by atoms with E-state index in [9.17, 15) is 5.11 Å². The van der Waals surface area contributed by atoms with Crippen molar-refractivity contribution in [3.05, 3.63) is 41.0 Å². The van der Waals surface area contributed by atoms with E-state index in [1.807, 2.05) is 12.1 Å². The highest BCUT2D eigenvalue weighted by Gasteiger charge is 2.25. The number of phenolic OH excluding ortho intramolecular Hbond substituents is 1. The number of nitrogens with zero attached hydrogens (tertiary/aromatic N) is 1. The standard InChI is InChI=1S/C17H26N2O/c1-12(2)9-16(19-7-5-18-6-8-19)17-13(3)10-15(20)11-14(17)4/h10-11,16,18,20H,1,5-9H2,2-4H3/t16-/m0/s1. The van der Waals surface area contributed by atoms with E-state index >= 15 is 0 Å². The molecule has 3 nitrogen and oxygen atoms in total. The SMILES string of the molecule is C=C(C)C[C@@H](c1c(C)cc(O)cc1C)N1CCNCC1. The van der Waals surface area contributed by atoms with Crippen LogP contribution in [0.2, 0.25) is 0 Å². The van der Waals surface area contributed by atoms with Gasteiger partial charge in [0.05, 0.1) is 0 Å². The van der Waals surface area contributed by atoms with Crippen molar-refractivity contribution in [1.29, 1.82) is 0 Å². The van der Waals surface area contributed by atoms with Crippen molar-refractivity contribution in [2.24, 2.45) is 0 Å². The van der Waals surface area contributed by atoms with Gasteiger partial charge in [-0.2, -0.15) is 0 Å². The quantitative estimate of drug-likeness (QED) is 0.829. The molecule has 20 heavy (non-hydrogen) atoms. The van der Waals surface area contributed by atoms with Crippen molar-refractivity contribution in [3.8, 4) is 5.75 Å². The zero-order valence-electron chi connectivity index (χ0n) is 12.9. The number of hydrogen-bond donors (Lipinski definition) is 2. The summed E-state index contributed by atoms with van der Waals surface area (Å²) >= 11 is 0. The molecule has 0 bridgehead atoms. The van der Waals surface area contributed by atoms with Gasteiger partial charge in [-0.05, 0) is 56.0 Å². The van der Waals surface area contributed by atoms with Crippen molar-refractivity contribution in [1.82, 2.24) is 10.2 Å². The lowest BCUT2D eigenvalue weighted by atomic mass is 9.90. The molecule has 1 fully saturated rings. The van der Waals surface area contributed by atoms with Crippen LogP contribution >= 0.6 is 0 Å². The Balaban J connectivity index is 2.37. The van der Waals surface area contributed by atoms with E-state index in [0.717, 1.165) is 32.6 Å². The van der Waals surface area contributed by atoms with Crippen LogP contribution in [-0.2, 0) is 0 Å².